The maximum Gasteiger partial charge on any atom is 0.344 e. The number of hydrogen-bond acceptors (Lipinski definition) is 3. The predicted molar refractivity (Wildman–Crippen MR) is 58.1 cm³/mol. The van der Waals surface area contributed by atoms with Gasteiger partial charge in [0.2, 0.25) is 0 Å². The SMILES string of the molecule is CC(C)OC(=O)COc1c(F)cccc1Cl. The zero-order valence-electron chi connectivity index (χ0n) is 9.00. The van der Waals surface area contributed by atoms with Crippen LogP contribution in [0.4, 0.5) is 4.39 Å². The van der Waals surface area contributed by atoms with Gasteiger partial charge in [0.05, 0.1) is 11.1 Å². The lowest BCUT2D eigenvalue weighted by Crippen LogP contribution is -2.19. The van der Waals surface area contributed by atoms with E-state index in [9.17, 15) is 9.18 Å². The summed E-state index contributed by atoms with van der Waals surface area (Å²) in [6.07, 6.45) is -0.229. The molecule has 1 aromatic carbocycles. The predicted octanol–water partition coefficient (Wildman–Crippen LogP) is 2.81. The van der Waals surface area contributed by atoms with E-state index in [4.69, 9.17) is 21.1 Å². The van der Waals surface area contributed by atoms with Gasteiger partial charge in [0.1, 0.15) is 0 Å². The summed E-state index contributed by atoms with van der Waals surface area (Å²) in [5, 5.41) is 0.123. The summed E-state index contributed by atoms with van der Waals surface area (Å²) in [7, 11) is 0. The lowest BCUT2D eigenvalue weighted by molar-refractivity contribution is -0.149. The molecule has 0 saturated heterocycles. The van der Waals surface area contributed by atoms with Crippen molar-refractivity contribution in [3.05, 3.63) is 29.0 Å². The highest BCUT2D eigenvalue weighted by atomic mass is 35.5. The highest BCUT2D eigenvalue weighted by Crippen LogP contribution is 2.27. The second-order valence-corrected chi connectivity index (χ2v) is 3.79. The third kappa shape index (κ3) is 3.70. The third-order valence-electron chi connectivity index (χ3n) is 1.62. The Kier molecular flexibility index (Phi) is 4.55. The van der Waals surface area contributed by atoms with Crippen LogP contribution in [0.25, 0.3) is 0 Å². The Morgan fingerprint density at radius 3 is 2.75 bits per heavy atom. The van der Waals surface area contributed by atoms with Crippen LogP contribution in [0.15, 0.2) is 18.2 Å². The van der Waals surface area contributed by atoms with Crippen LogP contribution >= 0.6 is 11.6 Å². The molecule has 0 amide bonds. The number of benzene rings is 1. The molecule has 5 heteroatoms. The van der Waals surface area contributed by atoms with Crippen LogP contribution in [-0.4, -0.2) is 18.7 Å². The van der Waals surface area contributed by atoms with Crippen molar-refractivity contribution in [2.45, 2.75) is 20.0 Å². The van der Waals surface area contributed by atoms with Gasteiger partial charge in [0.15, 0.2) is 18.2 Å². The van der Waals surface area contributed by atoms with Crippen molar-refractivity contribution in [2.75, 3.05) is 6.61 Å². The van der Waals surface area contributed by atoms with Gasteiger partial charge >= 0.3 is 5.97 Å². The first-order valence-electron chi connectivity index (χ1n) is 4.77. The zero-order valence-corrected chi connectivity index (χ0v) is 9.75. The van der Waals surface area contributed by atoms with Crippen LogP contribution < -0.4 is 4.74 Å². The van der Waals surface area contributed by atoms with Crippen molar-refractivity contribution in [1.29, 1.82) is 0 Å². The summed E-state index contributed by atoms with van der Waals surface area (Å²) >= 11 is 5.70. The van der Waals surface area contributed by atoms with E-state index in [-0.39, 0.29) is 23.5 Å². The summed E-state index contributed by atoms with van der Waals surface area (Å²) in [5.74, 6) is -1.30. The standard InChI is InChI=1S/C11H12ClFO3/c1-7(2)16-10(14)6-15-11-8(12)4-3-5-9(11)13/h3-5,7H,6H2,1-2H3. The minimum absolute atomic E-state index is 0.123. The Labute approximate surface area is 98.1 Å². The number of halogens is 2. The Morgan fingerprint density at radius 2 is 2.19 bits per heavy atom. The molecule has 0 bridgehead atoms. The van der Waals surface area contributed by atoms with Gasteiger partial charge in [-0.2, -0.15) is 0 Å². The van der Waals surface area contributed by atoms with Crippen LogP contribution in [0.2, 0.25) is 5.02 Å². The first kappa shape index (κ1) is 12.8. The highest BCUT2D eigenvalue weighted by molar-refractivity contribution is 6.32. The molecule has 0 radical (unpaired) electrons. The molecule has 0 spiro atoms. The van der Waals surface area contributed by atoms with E-state index in [2.05, 4.69) is 0 Å². The van der Waals surface area contributed by atoms with Crippen LogP contribution in [-0.2, 0) is 9.53 Å². The summed E-state index contributed by atoms with van der Waals surface area (Å²) in [5.41, 5.74) is 0. The molecular weight excluding hydrogens is 235 g/mol. The molecule has 0 aromatic heterocycles. The smallest absolute Gasteiger partial charge is 0.344 e. The van der Waals surface area contributed by atoms with Crippen molar-refractivity contribution in [3.8, 4) is 5.75 Å². The number of esters is 1. The number of rotatable bonds is 4. The van der Waals surface area contributed by atoms with Gasteiger partial charge in [-0.05, 0) is 26.0 Å². The van der Waals surface area contributed by atoms with Gasteiger partial charge < -0.3 is 9.47 Å². The van der Waals surface area contributed by atoms with Crippen molar-refractivity contribution in [1.82, 2.24) is 0 Å². The van der Waals surface area contributed by atoms with Crippen LogP contribution in [0, 0.1) is 5.82 Å². The fourth-order valence-corrected chi connectivity index (χ4v) is 1.27. The maximum absolute atomic E-state index is 13.2. The Morgan fingerprint density at radius 1 is 1.50 bits per heavy atom. The van der Waals surface area contributed by atoms with E-state index in [0.717, 1.165) is 0 Å². The molecule has 0 aliphatic carbocycles. The number of carbonyl (C=O) groups is 1. The number of para-hydroxylation sites is 1. The quantitative estimate of drug-likeness (QED) is 0.767. The number of hydrogen-bond donors (Lipinski definition) is 0. The van der Waals surface area contributed by atoms with Gasteiger partial charge in [-0.25, -0.2) is 9.18 Å². The fraction of sp³-hybridized carbons (Fsp3) is 0.364. The van der Waals surface area contributed by atoms with Gasteiger partial charge in [0.25, 0.3) is 0 Å². The molecule has 0 atom stereocenters. The molecule has 0 aliphatic heterocycles. The van der Waals surface area contributed by atoms with E-state index in [0.29, 0.717) is 0 Å². The van der Waals surface area contributed by atoms with Gasteiger partial charge in [0, 0.05) is 0 Å². The largest absolute Gasteiger partial charge is 0.477 e. The second-order valence-electron chi connectivity index (χ2n) is 3.38. The van der Waals surface area contributed by atoms with Crippen molar-refractivity contribution < 1.29 is 18.7 Å². The van der Waals surface area contributed by atoms with E-state index in [1.54, 1.807) is 13.8 Å². The molecule has 0 fully saturated rings. The van der Waals surface area contributed by atoms with Crippen molar-refractivity contribution in [2.24, 2.45) is 0 Å². The summed E-state index contributed by atoms with van der Waals surface area (Å²) in [6, 6.07) is 4.14. The highest BCUT2D eigenvalue weighted by Gasteiger charge is 2.11. The van der Waals surface area contributed by atoms with E-state index < -0.39 is 11.8 Å². The van der Waals surface area contributed by atoms with E-state index in [1.165, 1.54) is 18.2 Å². The van der Waals surface area contributed by atoms with Crippen LogP contribution in [0.3, 0.4) is 0 Å². The number of ether oxygens (including phenoxy) is 2. The second kappa shape index (κ2) is 5.70. The van der Waals surface area contributed by atoms with Gasteiger partial charge in [-0.3, -0.25) is 0 Å². The first-order valence-corrected chi connectivity index (χ1v) is 5.14. The molecular formula is C11H12ClFO3. The average molecular weight is 247 g/mol. The van der Waals surface area contributed by atoms with E-state index >= 15 is 0 Å². The molecule has 1 rings (SSSR count). The minimum Gasteiger partial charge on any atom is -0.477 e. The van der Waals surface area contributed by atoms with E-state index in [1.807, 2.05) is 0 Å². The lowest BCUT2D eigenvalue weighted by atomic mass is 10.3. The molecule has 88 valence electrons. The fourth-order valence-electron chi connectivity index (χ4n) is 1.05. The minimum atomic E-state index is -0.607. The van der Waals surface area contributed by atoms with Gasteiger partial charge in [-0.1, -0.05) is 17.7 Å². The molecule has 0 aliphatic rings. The summed E-state index contributed by atoms with van der Waals surface area (Å²) < 4.78 is 23.0. The van der Waals surface area contributed by atoms with Gasteiger partial charge in [-0.15, -0.1) is 0 Å². The zero-order chi connectivity index (χ0) is 12.1. The lowest BCUT2D eigenvalue weighted by Gasteiger charge is -2.10. The average Bonchev–Trinajstić information content (AvgIpc) is 2.15. The molecule has 0 heterocycles. The molecule has 1 aromatic rings. The van der Waals surface area contributed by atoms with Crippen molar-refractivity contribution in [3.63, 3.8) is 0 Å². The van der Waals surface area contributed by atoms with Crippen molar-refractivity contribution >= 4 is 17.6 Å². The Bertz CT molecular complexity index is 359. The molecule has 16 heavy (non-hydrogen) atoms. The topological polar surface area (TPSA) is 35.5 Å². The molecule has 3 nitrogen and oxygen atoms in total. The normalized spacial score (nSPS) is 10.3. The molecule has 0 N–H and O–H groups in total. The monoisotopic (exact) mass is 246 g/mol. The van der Waals surface area contributed by atoms with Crippen LogP contribution in [0.1, 0.15) is 13.8 Å². The third-order valence-corrected chi connectivity index (χ3v) is 1.92. The summed E-state index contributed by atoms with van der Waals surface area (Å²) in [6.45, 7) is 3.07. The molecule has 0 unspecified atom stereocenters. The maximum atomic E-state index is 13.2. The first-order chi connectivity index (χ1) is 7.50. The van der Waals surface area contributed by atoms with Crippen LogP contribution in [0.5, 0.6) is 5.75 Å². The summed E-state index contributed by atoms with van der Waals surface area (Å²) in [4.78, 5) is 11.1. The Hall–Kier alpha value is -1.29. The Balaban J connectivity index is 2.58. The number of carbonyl (C=O) groups excluding carboxylic acids is 1. The molecule has 0 saturated carbocycles.